The predicted molar refractivity (Wildman–Crippen MR) is 98.3 cm³/mol. The van der Waals surface area contributed by atoms with E-state index in [0.29, 0.717) is 19.5 Å². The van der Waals surface area contributed by atoms with E-state index < -0.39 is 11.6 Å². The topological polar surface area (TPSA) is 65.1 Å². The van der Waals surface area contributed by atoms with Crippen molar-refractivity contribution in [3.63, 3.8) is 0 Å². The standard InChI is InChI=1S/C20H29NO5/c1-6-25-19(23)26-17-11-15(14-7-9-16(24-5)10-8-14)12-21(13-17)18(22)20(2,3)4/h7-10,15,17H,6,11-13H2,1-5H3. The van der Waals surface area contributed by atoms with Crippen LogP contribution >= 0.6 is 0 Å². The third-order valence-corrected chi connectivity index (χ3v) is 4.45. The summed E-state index contributed by atoms with van der Waals surface area (Å²) in [4.78, 5) is 26.3. The maximum absolute atomic E-state index is 12.8. The minimum absolute atomic E-state index is 0.0492. The maximum atomic E-state index is 12.8. The van der Waals surface area contributed by atoms with Crippen molar-refractivity contribution in [1.29, 1.82) is 0 Å². The molecule has 0 radical (unpaired) electrons. The molecular weight excluding hydrogens is 334 g/mol. The fraction of sp³-hybridized carbons (Fsp3) is 0.600. The van der Waals surface area contributed by atoms with Gasteiger partial charge in [-0.25, -0.2) is 4.79 Å². The zero-order valence-electron chi connectivity index (χ0n) is 16.3. The Morgan fingerprint density at radius 3 is 2.35 bits per heavy atom. The van der Waals surface area contributed by atoms with Crippen molar-refractivity contribution in [1.82, 2.24) is 4.90 Å². The molecule has 1 aromatic rings. The second kappa shape index (κ2) is 8.43. The zero-order chi connectivity index (χ0) is 19.3. The Kier molecular flexibility index (Phi) is 6.51. The van der Waals surface area contributed by atoms with Gasteiger partial charge in [0.1, 0.15) is 11.9 Å². The van der Waals surface area contributed by atoms with Gasteiger partial charge in [-0.2, -0.15) is 0 Å². The summed E-state index contributed by atoms with van der Waals surface area (Å²) in [5.74, 6) is 0.917. The van der Waals surface area contributed by atoms with E-state index in [-0.39, 0.29) is 24.5 Å². The number of hydrogen-bond donors (Lipinski definition) is 0. The summed E-state index contributed by atoms with van der Waals surface area (Å²) in [6.07, 6.45) is -0.420. The smallest absolute Gasteiger partial charge is 0.497 e. The largest absolute Gasteiger partial charge is 0.508 e. The molecule has 6 heteroatoms. The quantitative estimate of drug-likeness (QED) is 0.765. The summed E-state index contributed by atoms with van der Waals surface area (Å²) in [6.45, 7) is 8.68. The predicted octanol–water partition coefficient (Wildman–Crippen LogP) is 3.60. The van der Waals surface area contributed by atoms with Crippen LogP contribution in [0.5, 0.6) is 5.75 Å². The SMILES string of the molecule is CCOC(=O)OC1CC(c2ccc(OC)cc2)CN(C(=O)C(C)(C)C)C1. The second-order valence-corrected chi connectivity index (χ2v) is 7.59. The van der Waals surface area contributed by atoms with Crippen LogP contribution in [0.15, 0.2) is 24.3 Å². The van der Waals surface area contributed by atoms with Crippen molar-refractivity contribution in [3.05, 3.63) is 29.8 Å². The van der Waals surface area contributed by atoms with Crippen molar-refractivity contribution in [2.24, 2.45) is 5.41 Å². The van der Waals surface area contributed by atoms with Crippen molar-refractivity contribution < 1.29 is 23.8 Å². The van der Waals surface area contributed by atoms with Gasteiger partial charge in [0.2, 0.25) is 5.91 Å². The van der Waals surface area contributed by atoms with Crippen LogP contribution in [0.25, 0.3) is 0 Å². The highest BCUT2D eigenvalue weighted by Crippen LogP contribution is 2.32. The molecule has 1 aliphatic rings. The number of hydrogen-bond acceptors (Lipinski definition) is 5. The van der Waals surface area contributed by atoms with Gasteiger partial charge in [0.15, 0.2) is 0 Å². The lowest BCUT2D eigenvalue weighted by Crippen LogP contribution is -2.50. The van der Waals surface area contributed by atoms with E-state index in [1.165, 1.54) is 0 Å². The monoisotopic (exact) mass is 363 g/mol. The van der Waals surface area contributed by atoms with Crippen LogP contribution in [-0.4, -0.2) is 49.9 Å². The number of carbonyl (C=O) groups excluding carboxylic acids is 2. The van der Waals surface area contributed by atoms with Gasteiger partial charge in [-0.05, 0) is 31.0 Å². The van der Waals surface area contributed by atoms with Gasteiger partial charge in [-0.3, -0.25) is 4.79 Å². The normalized spacial score (nSPS) is 20.4. The minimum atomic E-state index is -0.684. The number of amides is 1. The summed E-state index contributed by atoms with van der Waals surface area (Å²) in [7, 11) is 1.63. The Morgan fingerprint density at radius 2 is 1.81 bits per heavy atom. The van der Waals surface area contributed by atoms with Gasteiger partial charge in [-0.1, -0.05) is 32.9 Å². The highest BCUT2D eigenvalue weighted by atomic mass is 16.7. The molecule has 0 saturated carbocycles. The Labute approximate surface area is 155 Å². The molecule has 1 amide bonds. The van der Waals surface area contributed by atoms with Crippen LogP contribution in [0.2, 0.25) is 0 Å². The molecule has 1 aliphatic heterocycles. The van der Waals surface area contributed by atoms with Crippen LogP contribution in [-0.2, 0) is 14.3 Å². The van der Waals surface area contributed by atoms with E-state index in [1.54, 1.807) is 18.9 Å². The van der Waals surface area contributed by atoms with Gasteiger partial charge >= 0.3 is 6.16 Å². The van der Waals surface area contributed by atoms with E-state index in [4.69, 9.17) is 14.2 Å². The molecule has 2 unspecified atom stereocenters. The summed E-state index contributed by atoms with van der Waals surface area (Å²) < 4.78 is 15.6. The lowest BCUT2D eigenvalue weighted by molar-refractivity contribution is -0.143. The first-order valence-corrected chi connectivity index (χ1v) is 9.01. The number of nitrogens with zero attached hydrogens (tertiary/aromatic N) is 1. The molecule has 6 nitrogen and oxygen atoms in total. The molecule has 1 saturated heterocycles. The number of benzene rings is 1. The molecule has 0 N–H and O–H groups in total. The molecule has 0 aliphatic carbocycles. The van der Waals surface area contributed by atoms with Crippen LogP contribution in [0, 0.1) is 5.41 Å². The van der Waals surface area contributed by atoms with Gasteiger partial charge in [0.05, 0.1) is 20.3 Å². The second-order valence-electron chi connectivity index (χ2n) is 7.59. The molecule has 0 spiro atoms. The van der Waals surface area contributed by atoms with Crippen LogP contribution in [0.1, 0.15) is 45.6 Å². The molecule has 2 rings (SSSR count). The molecule has 2 atom stereocenters. The number of piperidine rings is 1. The molecule has 26 heavy (non-hydrogen) atoms. The zero-order valence-corrected chi connectivity index (χ0v) is 16.3. The molecule has 1 fully saturated rings. The molecule has 1 aromatic carbocycles. The molecule has 144 valence electrons. The van der Waals surface area contributed by atoms with E-state index in [9.17, 15) is 9.59 Å². The lowest BCUT2D eigenvalue weighted by atomic mass is 9.86. The van der Waals surface area contributed by atoms with Gasteiger partial charge in [0.25, 0.3) is 0 Å². The van der Waals surface area contributed by atoms with Gasteiger partial charge in [0, 0.05) is 17.9 Å². The van der Waals surface area contributed by atoms with Gasteiger partial charge in [-0.15, -0.1) is 0 Å². The number of carbonyl (C=O) groups is 2. The molecule has 0 bridgehead atoms. The lowest BCUT2D eigenvalue weighted by Gasteiger charge is -2.40. The first kappa shape index (κ1) is 20.1. The van der Waals surface area contributed by atoms with Crippen molar-refractivity contribution in [2.45, 2.75) is 46.1 Å². The van der Waals surface area contributed by atoms with E-state index in [1.807, 2.05) is 45.0 Å². The van der Waals surface area contributed by atoms with Crippen LogP contribution < -0.4 is 4.74 Å². The summed E-state index contributed by atoms with van der Waals surface area (Å²) >= 11 is 0. The van der Waals surface area contributed by atoms with E-state index in [2.05, 4.69) is 0 Å². The highest BCUT2D eigenvalue weighted by Gasteiger charge is 2.36. The summed E-state index contributed by atoms with van der Waals surface area (Å²) in [5, 5.41) is 0. The molecule has 1 heterocycles. The first-order chi connectivity index (χ1) is 12.2. The number of methoxy groups -OCH3 is 1. The van der Waals surface area contributed by atoms with E-state index in [0.717, 1.165) is 11.3 Å². The van der Waals surface area contributed by atoms with Crippen molar-refractivity contribution in [3.8, 4) is 5.75 Å². The Bertz CT molecular complexity index is 620. The Balaban J connectivity index is 2.20. The first-order valence-electron chi connectivity index (χ1n) is 9.01. The molecular formula is C20H29NO5. The third-order valence-electron chi connectivity index (χ3n) is 4.45. The fourth-order valence-corrected chi connectivity index (χ4v) is 3.18. The third kappa shape index (κ3) is 5.13. The van der Waals surface area contributed by atoms with Crippen LogP contribution in [0.3, 0.4) is 0 Å². The Hall–Kier alpha value is -2.24. The van der Waals surface area contributed by atoms with Gasteiger partial charge < -0.3 is 19.1 Å². The van der Waals surface area contributed by atoms with E-state index >= 15 is 0 Å². The number of rotatable bonds is 4. The fourth-order valence-electron chi connectivity index (χ4n) is 3.18. The van der Waals surface area contributed by atoms with Crippen molar-refractivity contribution in [2.75, 3.05) is 26.8 Å². The summed E-state index contributed by atoms with van der Waals surface area (Å²) in [6, 6.07) is 7.80. The average Bonchev–Trinajstić information content (AvgIpc) is 2.60. The average molecular weight is 363 g/mol. The Morgan fingerprint density at radius 1 is 1.15 bits per heavy atom. The summed E-state index contributed by atoms with van der Waals surface area (Å²) in [5.41, 5.74) is 0.602. The molecule has 0 aromatic heterocycles. The number of likely N-dealkylation sites (tertiary alicyclic amines) is 1. The minimum Gasteiger partial charge on any atom is -0.497 e. The van der Waals surface area contributed by atoms with Crippen molar-refractivity contribution >= 4 is 12.1 Å². The highest BCUT2D eigenvalue weighted by molar-refractivity contribution is 5.81. The maximum Gasteiger partial charge on any atom is 0.508 e. The number of ether oxygens (including phenoxy) is 3. The van der Waals surface area contributed by atoms with Crippen LogP contribution in [0.4, 0.5) is 4.79 Å².